The fourth-order valence-corrected chi connectivity index (χ4v) is 0.915. The van der Waals surface area contributed by atoms with Crippen LogP contribution in [0.4, 0.5) is 0 Å². The zero-order valence-corrected chi connectivity index (χ0v) is 8.99. The van der Waals surface area contributed by atoms with E-state index in [2.05, 4.69) is 0 Å². The SMILES string of the molecule is CC(C)C(N)CC(=O)N(C)CC(N)=O. The number of hydrogen-bond donors (Lipinski definition) is 2. The van der Waals surface area contributed by atoms with Crippen LogP contribution >= 0.6 is 0 Å². The van der Waals surface area contributed by atoms with Crippen molar-refractivity contribution in [2.75, 3.05) is 13.6 Å². The van der Waals surface area contributed by atoms with Gasteiger partial charge >= 0.3 is 0 Å². The molecule has 0 radical (unpaired) electrons. The molecular weight excluding hydrogens is 182 g/mol. The number of amides is 2. The number of carbonyl (C=O) groups is 2. The highest BCUT2D eigenvalue weighted by atomic mass is 16.2. The molecule has 0 aromatic rings. The third-order valence-corrected chi connectivity index (χ3v) is 2.09. The summed E-state index contributed by atoms with van der Waals surface area (Å²) in [6, 6.07) is -0.169. The molecule has 0 saturated carbocycles. The zero-order valence-electron chi connectivity index (χ0n) is 8.99. The first-order chi connectivity index (χ1) is 6.34. The second-order valence-corrected chi connectivity index (χ2v) is 3.83. The number of likely N-dealkylation sites (N-methyl/N-ethyl adjacent to an activating group) is 1. The van der Waals surface area contributed by atoms with Crippen molar-refractivity contribution >= 4 is 11.8 Å². The van der Waals surface area contributed by atoms with E-state index in [1.54, 1.807) is 7.05 Å². The van der Waals surface area contributed by atoms with Gasteiger partial charge in [0.1, 0.15) is 0 Å². The molecule has 82 valence electrons. The Bertz CT molecular complexity index is 216. The third kappa shape index (κ3) is 4.81. The molecule has 2 amide bonds. The van der Waals surface area contributed by atoms with Crippen LogP contribution in [-0.2, 0) is 9.59 Å². The van der Waals surface area contributed by atoms with Crippen LogP contribution in [0.1, 0.15) is 20.3 Å². The average molecular weight is 201 g/mol. The van der Waals surface area contributed by atoms with Gasteiger partial charge in [0.25, 0.3) is 0 Å². The van der Waals surface area contributed by atoms with Crippen molar-refractivity contribution in [1.29, 1.82) is 0 Å². The van der Waals surface area contributed by atoms with Crippen LogP contribution in [0.5, 0.6) is 0 Å². The molecule has 0 rings (SSSR count). The van der Waals surface area contributed by atoms with Gasteiger partial charge in [-0.1, -0.05) is 13.8 Å². The predicted molar refractivity (Wildman–Crippen MR) is 54.3 cm³/mol. The van der Waals surface area contributed by atoms with Gasteiger partial charge in [-0.05, 0) is 5.92 Å². The van der Waals surface area contributed by atoms with E-state index in [9.17, 15) is 9.59 Å². The predicted octanol–water partition coefficient (Wildman–Crippen LogP) is -0.696. The van der Waals surface area contributed by atoms with Gasteiger partial charge in [0.15, 0.2) is 0 Å². The summed E-state index contributed by atoms with van der Waals surface area (Å²) in [5, 5.41) is 0. The van der Waals surface area contributed by atoms with Crippen LogP contribution in [0.15, 0.2) is 0 Å². The summed E-state index contributed by atoms with van der Waals surface area (Å²) in [5.74, 6) is -0.412. The van der Waals surface area contributed by atoms with Gasteiger partial charge in [0.05, 0.1) is 6.54 Å². The average Bonchev–Trinajstić information content (AvgIpc) is 2.02. The molecule has 4 N–H and O–H groups in total. The molecule has 0 aliphatic heterocycles. The monoisotopic (exact) mass is 201 g/mol. The lowest BCUT2D eigenvalue weighted by Gasteiger charge is -2.20. The van der Waals surface area contributed by atoms with Crippen LogP contribution in [0.3, 0.4) is 0 Å². The van der Waals surface area contributed by atoms with Gasteiger partial charge in [-0.2, -0.15) is 0 Å². The maximum absolute atomic E-state index is 11.4. The highest BCUT2D eigenvalue weighted by molar-refractivity contribution is 5.83. The van der Waals surface area contributed by atoms with Crippen molar-refractivity contribution in [2.24, 2.45) is 17.4 Å². The molecule has 0 spiro atoms. The Morgan fingerprint density at radius 3 is 2.21 bits per heavy atom. The van der Waals surface area contributed by atoms with Gasteiger partial charge in [0, 0.05) is 19.5 Å². The molecule has 0 heterocycles. The van der Waals surface area contributed by atoms with E-state index in [0.717, 1.165) is 0 Å². The van der Waals surface area contributed by atoms with Gasteiger partial charge in [-0.25, -0.2) is 0 Å². The largest absolute Gasteiger partial charge is 0.368 e. The number of carbonyl (C=O) groups excluding carboxylic acids is 2. The van der Waals surface area contributed by atoms with Crippen LogP contribution in [-0.4, -0.2) is 36.3 Å². The summed E-state index contributed by atoms with van der Waals surface area (Å²) in [4.78, 5) is 23.3. The normalized spacial score (nSPS) is 12.6. The van der Waals surface area contributed by atoms with Gasteiger partial charge < -0.3 is 16.4 Å². The number of primary amides is 1. The van der Waals surface area contributed by atoms with Crippen LogP contribution in [0.25, 0.3) is 0 Å². The van der Waals surface area contributed by atoms with E-state index in [1.165, 1.54) is 4.90 Å². The lowest BCUT2D eigenvalue weighted by molar-refractivity contribution is -0.134. The molecule has 5 heteroatoms. The lowest BCUT2D eigenvalue weighted by Crippen LogP contribution is -2.39. The topological polar surface area (TPSA) is 89.4 Å². The van der Waals surface area contributed by atoms with E-state index in [-0.39, 0.29) is 30.8 Å². The van der Waals surface area contributed by atoms with Crippen LogP contribution < -0.4 is 11.5 Å². The summed E-state index contributed by atoms with van der Waals surface area (Å²) in [5.41, 5.74) is 10.7. The molecule has 0 saturated heterocycles. The maximum atomic E-state index is 11.4. The minimum absolute atomic E-state index is 0.0519. The highest BCUT2D eigenvalue weighted by Gasteiger charge is 2.16. The third-order valence-electron chi connectivity index (χ3n) is 2.09. The summed E-state index contributed by atoms with van der Waals surface area (Å²) in [6.07, 6.45) is 0.251. The molecule has 0 aromatic heterocycles. The second kappa shape index (κ2) is 5.59. The van der Waals surface area contributed by atoms with E-state index in [1.807, 2.05) is 13.8 Å². The maximum Gasteiger partial charge on any atom is 0.237 e. The fraction of sp³-hybridized carbons (Fsp3) is 0.778. The minimum atomic E-state index is -0.515. The fourth-order valence-electron chi connectivity index (χ4n) is 0.915. The first-order valence-electron chi connectivity index (χ1n) is 4.62. The van der Waals surface area contributed by atoms with E-state index in [4.69, 9.17) is 11.5 Å². The number of rotatable bonds is 5. The van der Waals surface area contributed by atoms with Crippen molar-refractivity contribution < 1.29 is 9.59 Å². The Hall–Kier alpha value is -1.10. The molecule has 0 fully saturated rings. The van der Waals surface area contributed by atoms with Crippen molar-refractivity contribution in [1.82, 2.24) is 4.90 Å². The summed E-state index contributed by atoms with van der Waals surface area (Å²) >= 11 is 0. The quantitative estimate of drug-likeness (QED) is 0.616. The van der Waals surface area contributed by atoms with Crippen LogP contribution in [0, 0.1) is 5.92 Å². The van der Waals surface area contributed by atoms with Gasteiger partial charge in [-0.3, -0.25) is 9.59 Å². The van der Waals surface area contributed by atoms with Gasteiger partial charge in [0.2, 0.25) is 11.8 Å². The Morgan fingerprint density at radius 1 is 1.36 bits per heavy atom. The Morgan fingerprint density at radius 2 is 1.86 bits per heavy atom. The first kappa shape index (κ1) is 12.9. The molecular formula is C9H19N3O2. The number of hydrogen-bond acceptors (Lipinski definition) is 3. The molecule has 1 unspecified atom stereocenters. The first-order valence-corrected chi connectivity index (χ1v) is 4.62. The molecule has 5 nitrogen and oxygen atoms in total. The van der Waals surface area contributed by atoms with E-state index >= 15 is 0 Å². The Labute approximate surface area is 84.4 Å². The van der Waals surface area contributed by atoms with Crippen molar-refractivity contribution in [2.45, 2.75) is 26.3 Å². The Kier molecular flexibility index (Phi) is 5.15. The van der Waals surface area contributed by atoms with Crippen molar-refractivity contribution in [3.8, 4) is 0 Å². The molecule has 14 heavy (non-hydrogen) atoms. The van der Waals surface area contributed by atoms with E-state index < -0.39 is 5.91 Å². The standard InChI is InChI=1S/C9H19N3O2/c1-6(2)7(10)4-9(14)12(3)5-8(11)13/h6-7H,4-5,10H2,1-3H3,(H2,11,13). The van der Waals surface area contributed by atoms with Crippen LogP contribution in [0.2, 0.25) is 0 Å². The van der Waals surface area contributed by atoms with Crippen molar-refractivity contribution in [3.63, 3.8) is 0 Å². The summed E-state index contributed by atoms with van der Waals surface area (Å²) in [7, 11) is 1.54. The molecule has 0 aromatic carbocycles. The Balaban J connectivity index is 4.01. The molecule has 0 bridgehead atoms. The zero-order chi connectivity index (χ0) is 11.3. The van der Waals surface area contributed by atoms with E-state index in [0.29, 0.717) is 0 Å². The second-order valence-electron chi connectivity index (χ2n) is 3.83. The molecule has 0 aliphatic rings. The minimum Gasteiger partial charge on any atom is -0.368 e. The molecule has 1 atom stereocenters. The smallest absolute Gasteiger partial charge is 0.237 e. The number of nitrogens with zero attached hydrogens (tertiary/aromatic N) is 1. The summed E-state index contributed by atoms with van der Waals surface area (Å²) < 4.78 is 0. The molecule has 0 aliphatic carbocycles. The van der Waals surface area contributed by atoms with Crippen molar-refractivity contribution in [3.05, 3.63) is 0 Å². The highest BCUT2D eigenvalue weighted by Crippen LogP contribution is 2.04. The van der Waals surface area contributed by atoms with Gasteiger partial charge in [-0.15, -0.1) is 0 Å². The number of nitrogens with two attached hydrogens (primary N) is 2. The summed E-state index contributed by atoms with van der Waals surface area (Å²) in [6.45, 7) is 3.85. The lowest BCUT2D eigenvalue weighted by atomic mass is 10.0.